The summed E-state index contributed by atoms with van der Waals surface area (Å²) in [5.74, 6) is -0.459. The van der Waals surface area contributed by atoms with E-state index in [2.05, 4.69) is 10.3 Å². The van der Waals surface area contributed by atoms with Gasteiger partial charge in [0.15, 0.2) is 0 Å². The minimum absolute atomic E-state index is 0.0185. The second kappa shape index (κ2) is 4.82. The van der Waals surface area contributed by atoms with Gasteiger partial charge in [-0.25, -0.2) is 13.8 Å². The summed E-state index contributed by atoms with van der Waals surface area (Å²) in [7, 11) is 1.43. The number of nitrogens with one attached hydrogen (secondary N) is 1. The fourth-order valence-electron chi connectivity index (χ4n) is 1.25. The molecule has 3 nitrogen and oxygen atoms in total. The molecule has 0 aromatic carbocycles. The molecule has 1 amide bonds. The quantitative estimate of drug-likeness (QED) is 0.835. The smallest absolute Gasteiger partial charge is 0.280 e. The van der Waals surface area contributed by atoms with Gasteiger partial charge in [0.1, 0.15) is 11.4 Å². The summed E-state index contributed by atoms with van der Waals surface area (Å²) in [5, 5.41) is 2.34. The number of halogens is 2. The Morgan fingerprint density at radius 1 is 1.53 bits per heavy atom. The van der Waals surface area contributed by atoms with E-state index in [-0.39, 0.29) is 11.4 Å². The van der Waals surface area contributed by atoms with Crippen LogP contribution < -0.4 is 5.32 Å². The summed E-state index contributed by atoms with van der Waals surface area (Å²) in [6.07, 6.45) is -2.18. The highest BCUT2D eigenvalue weighted by Crippen LogP contribution is 2.21. The Morgan fingerprint density at radius 2 is 2.20 bits per heavy atom. The van der Waals surface area contributed by atoms with Crippen molar-refractivity contribution in [2.45, 2.75) is 19.8 Å². The van der Waals surface area contributed by atoms with Gasteiger partial charge in [0.2, 0.25) is 0 Å². The predicted molar refractivity (Wildman–Crippen MR) is 52.0 cm³/mol. The normalized spacial score (nSPS) is 10.5. The molecule has 0 spiro atoms. The first-order chi connectivity index (χ1) is 7.10. The van der Waals surface area contributed by atoms with Crippen molar-refractivity contribution in [2.24, 2.45) is 0 Å². The Hall–Kier alpha value is -1.52. The molecule has 1 heterocycles. The summed E-state index contributed by atoms with van der Waals surface area (Å²) in [6.45, 7) is 1.77. The number of carbonyl (C=O) groups excluding carboxylic acids is 1. The van der Waals surface area contributed by atoms with Gasteiger partial charge in [-0.05, 0) is 18.1 Å². The van der Waals surface area contributed by atoms with Crippen LogP contribution in [0.25, 0.3) is 0 Å². The molecule has 82 valence electrons. The third-order valence-electron chi connectivity index (χ3n) is 2.06. The first kappa shape index (κ1) is 11.6. The Morgan fingerprint density at radius 3 is 2.67 bits per heavy atom. The molecular weight excluding hydrogens is 202 g/mol. The highest BCUT2D eigenvalue weighted by Gasteiger charge is 2.16. The number of aromatic nitrogens is 1. The number of pyridine rings is 1. The number of rotatable bonds is 3. The molecule has 0 saturated heterocycles. The van der Waals surface area contributed by atoms with Gasteiger partial charge >= 0.3 is 0 Å². The Labute approximate surface area is 86.5 Å². The van der Waals surface area contributed by atoms with Crippen LogP contribution in [0.3, 0.4) is 0 Å². The van der Waals surface area contributed by atoms with Gasteiger partial charge in [-0.2, -0.15) is 0 Å². The van der Waals surface area contributed by atoms with Crippen molar-refractivity contribution in [1.82, 2.24) is 10.3 Å². The highest BCUT2D eigenvalue weighted by atomic mass is 19.3. The number of amides is 1. The first-order valence-corrected chi connectivity index (χ1v) is 4.60. The van der Waals surface area contributed by atoms with Crippen LogP contribution in [-0.4, -0.2) is 17.9 Å². The SMILES string of the molecule is CCc1ccc(C(=O)NC)nc1C(F)F. The molecule has 0 saturated carbocycles. The van der Waals surface area contributed by atoms with E-state index in [0.29, 0.717) is 12.0 Å². The van der Waals surface area contributed by atoms with Crippen molar-refractivity contribution in [3.05, 3.63) is 29.1 Å². The van der Waals surface area contributed by atoms with Crippen molar-refractivity contribution in [3.8, 4) is 0 Å². The summed E-state index contributed by atoms with van der Waals surface area (Å²) in [4.78, 5) is 14.8. The molecule has 15 heavy (non-hydrogen) atoms. The number of carbonyl (C=O) groups is 1. The van der Waals surface area contributed by atoms with Crippen molar-refractivity contribution < 1.29 is 13.6 Å². The lowest BCUT2D eigenvalue weighted by atomic mass is 10.1. The molecule has 0 atom stereocenters. The second-order valence-electron chi connectivity index (χ2n) is 2.97. The Balaban J connectivity index is 3.16. The topological polar surface area (TPSA) is 42.0 Å². The number of hydrogen-bond donors (Lipinski definition) is 1. The molecule has 0 fully saturated rings. The molecule has 1 aromatic heterocycles. The molecule has 1 rings (SSSR count). The molecule has 5 heteroatoms. The van der Waals surface area contributed by atoms with Crippen molar-refractivity contribution in [1.29, 1.82) is 0 Å². The van der Waals surface area contributed by atoms with Gasteiger partial charge < -0.3 is 5.32 Å². The van der Waals surface area contributed by atoms with E-state index >= 15 is 0 Å². The number of aryl methyl sites for hydroxylation is 1. The molecule has 0 bridgehead atoms. The van der Waals surface area contributed by atoms with Crippen molar-refractivity contribution in [2.75, 3.05) is 7.05 Å². The average Bonchev–Trinajstić information content (AvgIpc) is 2.27. The summed E-state index contributed by atoms with van der Waals surface area (Å²) in [6, 6.07) is 2.96. The lowest BCUT2D eigenvalue weighted by Crippen LogP contribution is -2.20. The third kappa shape index (κ3) is 2.49. The largest absolute Gasteiger partial charge is 0.354 e. The zero-order chi connectivity index (χ0) is 11.4. The summed E-state index contributed by atoms with van der Waals surface area (Å²) in [5.41, 5.74) is 0.182. The maximum Gasteiger partial charge on any atom is 0.280 e. The predicted octanol–water partition coefficient (Wildman–Crippen LogP) is 1.94. The number of hydrogen-bond acceptors (Lipinski definition) is 2. The van der Waals surface area contributed by atoms with E-state index in [0.717, 1.165) is 0 Å². The number of alkyl halides is 2. The molecular formula is C10H12F2N2O. The minimum atomic E-state index is -2.65. The van der Waals surface area contributed by atoms with E-state index in [1.165, 1.54) is 19.2 Å². The van der Waals surface area contributed by atoms with Gasteiger partial charge in [0.25, 0.3) is 12.3 Å². The molecule has 1 N–H and O–H groups in total. The van der Waals surface area contributed by atoms with Crippen LogP contribution in [0.2, 0.25) is 0 Å². The summed E-state index contributed by atoms with van der Waals surface area (Å²) >= 11 is 0. The van der Waals surface area contributed by atoms with Gasteiger partial charge in [-0.1, -0.05) is 13.0 Å². The van der Waals surface area contributed by atoms with Crippen LogP contribution in [0.1, 0.15) is 35.1 Å². The van der Waals surface area contributed by atoms with Crippen molar-refractivity contribution in [3.63, 3.8) is 0 Å². The van der Waals surface area contributed by atoms with E-state index < -0.39 is 12.3 Å². The van der Waals surface area contributed by atoms with Crippen LogP contribution in [0.4, 0.5) is 8.78 Å². The van der Waals surface area contributed by atoms with E-state index in [9.17, 15) is 13.6 Å². The average molecular weight is 214 g/mol. The maximum absolute atomic E-state index is 12.6. The van der Waals surface area contributed by atoms with Crippen LogP contribution in [-0.2, 0) is 6.42 Å². The van der Waals surface area contributed by atoms with Crippen molar-refractivity contribution >= 4 is 5.91 Å². The van der Waals surface area contributed by atoms with E-state index in [1.807, 2.05) is 0 Å². The number of nitrogens with zero attached hydrogens (tertiary/aromatic N) is 1. The fourth-order valence-corrected chi connectivity index (χ4v) is 1.25. The molecule has 0 unspecified atom stereocenters. The standard InChI is InChI=1S/C10H12F2N2O/c1-3-6-4-5-7(10(15)13-2)14-8(6)9(11)12/h4-5,9H,3H2,1-2H3,(H,13,15). The third-order valence-corrected chi connectivity index (χ3v) is 2.06. The molecule has 0 aliphatic rings. The lowest BCUT2D eigenvalue weighted by Gasteiger charge is -2.07. The molecule has 0 radical (unpaired) electrons. The van der Waals surface area contributed by atoms with Gasteiger partial charge in [0.05, 0.1) is 0 Å². The van der Waals surface area contributed by atoms with Gasteiger partial charge in [-0.3, -0.25) is 4.79 Å². The van der Waals surface area contributed by atoms with Crippen LogP contribution in [0.15, 0.2) is 12.1 Å². The Kier molecular flexibility index (Phi) is 3.71. The summed E-state index contributed by atoms with van der Waals surface area (Å²) < 4.78 is 25.1. The minimum Gasteiger partial charge on any atom is -0.354 e. The van der Waals surface area contributed by atoms with E-state index in [4.69, 9.17) is 0 Å². The monoisotopic (exact) mass is 214 g/mol. The maximum atomic E-state index is 12.6. The van der Waals surface area contributed by atoms with Gasteiger partial charge in [0, 0.05) is 7.05 Å². The highest BCUT2D eigenvalue weighted by molar-refractivity contribution is 5.92. The lowest BCUT2D eigenvalue weighted by molar-refractivity contribution is 0.0956. The van der Waals surface area contributed by atoms with Crippen LogP contribution >= 0.6 is 0 Å². The zero-order valence-electron chi connectivity index (χ0n) is 8.55. The molecule has 0 aliphatic carbocycles. The Bertz CT molecular complexity index is 366. The molecule has 1 aromatic rings. The molecule has 0 aliphatic heterocycles. The fraction of sp³-hybridized carbons (Fsp3) is 0.400. The zero-order valence-corrected chi connectivity index (χ0v) is 8.55. The first-order valence-electron chi connectivity index (χ1n) is 4.60. The van der Waals surface area contributed by atoms with Gasteiger partial charge in [-0.15, -0.1) is 0 Å². The van der Waals surface area contributed by atoms with Crippen LogP contribution in [0, 0.1) is 0 Å². The second-order valence-corrected chi connectivity index (χ2v) is 2.97. The van der Waals surface area contributed by atoms with E-state index in [1.54, 1.807) is 6.92 Å². The van der Waals surface area contributed by atoms with Crippen LogP contribution in [0.5, 0.6) is 0 Å².